The lowest BCUT2D eigenvalue weighted by Gasteiger charge is -2.10. The highest BCUT2D eigenvalue weighted by molar-refractivity contribution is 5.93. The van der Waals surface area contributed by atoms with Gasteiger partial charge in [-0.2, -0.15) is 0 Å². The number of benzene rings is 2. The first kappa shape index (κ1) is 23.2. The van der Waals surface area contributed by atoms with Crippen LogP contribution in [0.2, 0.25) is 0 Å². The van der Waals surface area contributed by atoms with Crippen molar-refractivity contribution in [2.75, 3.05) is 6.61 Å². The number of hydrogen-bond acceptors (Lipinski definition) is 3. The zero-order chi connectivity index (χ0) is 20.3. The van der Waals surface area contributed by atoms with Crippen LogP contribution >= 0.6 is 0 Å². The first-order valence-corrected chi connectivity index (χ1v) is 8.33. The Hall–Kier alpha value is -2.76. The van der Waals surface area contributed by atoms with E-state index in [0.717, 1.165) is 12.1 Å². The maximum Gasteiger partial charge on any atom is 0.339 e. The highest BCUT2D eigenvalue weighted by atomic mass is 19.1. The van der Waals surface area contributed by atoms with Crippen LogP contribution in [0.4, 0.5) is 8.78 Å². The number of halogens is 2. The Morgan fingerprint density at radius 2 is 1.62 bits per heavy atom. The number of hydrogen-bond donors (Lipinski definition) is 1. The molecule has 2 aromatic rings. The third-order valence-corrected chi connectivity index (χ3v) is 2.88. The van der Waals surface area contributed by atoms with Crippen LogP contribution in [0.25, 0.3) is 11.1 Å². The Labute approximate surface area is 152 Å². The number of carbonyl (C=O) groups excluding carboxylic acids is 1. The molecule has 0 aromatic heterocycles. The predicted octanol–water partition coefficient (Wildman–Crippen LogP) is 5.35. The molecule has 0 fully saturated rings. The van der Waals surface area contributed by atoms with Gasteiger partial charge in [0, 0.05) is 11.6 Å². The van der Waals surface area contributed by atoms with Gasteiger partial charge < -0.3 is 9.84 Å². The summed E-state index contributed by atoms with van der Waals surface area (Å²) in [7, 11) is 0. The van der Waals surface area contributed by atoms with E-state index in [4.69, 9.17) is 4.74 Å². The van der Waals surface area contributed by atoms with Crippen LogP contribution < -0.4 is 4.74 Å². The molecule has 0 spiro atoms. The van der Waals surface area contributed by atoms with Gasteiger partial charge in [-0.25, -0.2) is 13.6 Å². The van der Waals surface area contributed by atoms with E-state index in [1.54, 1.807) is 0 Å². The molecule has 0 aliphatic carbocycles. The average molecular weight is 366 g/mol. The number of aromatic carboxylic acids is 1. The minimum atomic E-state index is -1.28. The lowest BCUT2D eigenvalue weighted by atomic mass is 10.0. The van der Waals surface area contributed by atoms with Gasteiger partial charge in [-0.3, -0.25) is 4.79 Å². The molecule has 4 nitrogen and oxygen atoms in total. The van der Waals surface area contributed by atoms with Crippen LogP contribution in [-0.4, -0.2) is 23.5 Å². The topological polar surface area (TPSA) is 63.6 Å². The summed E-state index contributed by atoms with van der Waals surface area (Å²) in [6, 6.07) is 7.02. The minimum Gasteiger partial charge on any atom is -0.485 e. The maximum atomic E-state index is 13.8. The Bertz CT molecular complexity index is 743. The summed E-state index contributed by atoms with van der Waals surface area (Å²) in [6.07, 6.45) is 0. The van der Waals surface area contributed by atoms with Crippen LogP contribution in [0.5, 0.6) is 5.75 Å². The van der Waals surface area contributed by atoms with Gasteiger partial charge in [-0.1, -0.05) is 33.8 Å². The molecule has 0 heterocycles. The molecular formula is C20H24F2O4. The van der Waals surface area contributed by atoms with Gasteiger partial charge in [-0.05, 0) is 36.8 Å². The maximum absolute atomic E-state index is 13.8. The second-order valence-electron chi connectivity index (χ2n) is 4.63. The largest absolute Gasteiger partial charge is 0.485 e. The van der Waals surface area contributed by atoms with Crippen LogP contribution in [0.15, 0.2) is 36.4 Å². The number of ketones is 1. The summed E-state index contributed by atoms with van der Waals surface area (Å²) in [4.78, 5) is 22.2. The van der Waals surface area contributed by atoms with Crippen molar-refractivity contribution in [3.63, 3.8) is 0 Å². The summed E-state index contributed by atoms with van der Waals surface area (Å²) >= 11 is 0. The molecule has 2 rings (SSSR count). The fraction of sp³-hybridized carbons (Fsp3) is 0.300. The highest BCUT2D eigenvalue weighted by Gasteiger charge is 2.15. The molecule has 0 saturated heterocycles. The number of ether oxygens (including phenoxy) is 1. The van der Waals surface area contributed by atoms with Gasteiger partial charge >= 0.3 is 5.97 Å². The fourth-order valence-corrected chi connectivity index (χ4v) is 1.89. The van der Waals surface area contributed by atoms with Crippen molar-refractivity contribution in [2.24, 2.45) is 0 Å². The van der Waals surface area contributed by atoms with Crippen molar-refractivity contribution in [2.45, 2.75) is 34.6 Å². The molecule has 0 aliphatic heterocycles. The molecule has 0 amide bonds. The van der Waals surface area contributed by atoms with E-state index in [1.165, 1.54) is 31.2 Å². The first-order chi connectivity index (χ1) is 12.4. The van der Waals surface area contributed by atoms with E-state index in [-0.39, 0.29) is 34.8 Å². The van der Waals surface area contributed by atoms with Gasteiger partial charge in [0.25, 0.3) is 0 Å². The molecule has 142 valence electrons. The van der Waals surface area contributed by atoms with E-state index >= 15 is 0 Å². The van der Waals surface area contributed by atoms with Crippen LogP contribution in [-0.2, 0) is 4.79 Å². The smallest absolute Gasteiger partial charge is 0.339 e. The highest BCUT2D eigenvalue weighted by Crippen LogP contribution is 2.29. The summed E-state index contributed by atoms with van der Waals surface area (Å²) in [5.41, 5.74) is 0.134. The summed E-state index contributed by atoms with van der Waals surface area (Å²) in [5.74, 6) is -3.04. The SMILES string of the molecule is CC.CC.CC(=O)COc1ccc(-c2ccc(F)cc2F)cc1C(=O)O. The summed E-state index contributed by atoms with van der Waals surface area (Å²) in [6.45, 7) is 9.05. The molecule has 0 saturated carbocycles. The number of Topliss-reactive ketones (excluding diaryl/α,β-unsaturated/α-hetero) is 1. The van der Waals surface area contributed by atoms with Gasteiger partial charge in [-0.15, -0.1) is 0 Å². The number of carboxylic acids is 1. The molecule has 0 atom stereocenters. The molecule has 0 unspecified atom stereocenters. The van der Waals surface area contributed by atoms with E-state index in [9.17, 15) is 23.5 Å². The van der Waals surface area contributed by atoms with Crippen molar-refractivity contribution in [3.05, 3.63) is 53.6 Å². The van der Waals surface area contributed by atoms with Gasteiger partial charge in [0.05, 0.1) is 0 Å². The number of rotatable bonds is 5. The molecule has 2 aromatic carbocycles. The number of carboxylic acid groups (broad SMARTS) is 1. The summed E-state index contributed by atoms with van der Waals surface area (Å²) < 4.78 is 31.8. The normalized spacial score (nSPS) is 9.19. The lowest BCUT2D eigenvalue weighted by Crippen LogP contribution is -2.10. The fourth-order valence-electron chi connectivity index (χ4n) is 1.89. The van der Waals surface area contributed by atoms with Crippen molar-refractivity contribution < 1.29 is 28.2 Å². The second-order valence-corrected chi connectivity index (χ2v) is 4.63. The molecule has 26 heavy (non-hydrogen) atoms. The van der Waals surface area contributed by atoms with Crippen LogP contribution in [0.1, 0.15) is 45.0 Å². The standard InChI is InChI=1S/C16H12F2O4.2C2H6/c1-9(19)8-22-15-5-2-10(6-13(15)16(20)21)12-4-3-11(17)7-14(12)18;2*1-2/h2-7H,8H2,1H3,(H,20,21);2*1-2H3. The zero-order valence-corrected chi connectivity index (χ0v) is 15.6. The van der Waals surface area contributed by atoms with Crippen LogP contribution in [0, 0.1) is 11.6 Å². The molecule has 0 bridgehead atoms. The average Bonchev–Trinajstić information content (AvgIpc) is 2.63. The Morgan fingerprint density at radius 3 is 2.12 bits per heavy atom. The van der Waals surface area contributed by atoms with Crippen molar-refractivity contribution in [1.82, 2.24) is 0 Å². The van der Waals surface area contributed by atoms with E-state index in [2.05, 4.69) is 0 Å². The molecule has 0 radical (unpaired) electrons. The zero-order valence-electron chi connectivity index (χ0n) is 15.6. The molecule has 1 N–H and O–H groups in total. The number of carbonyl (C=O) groups is 2. The van der Waals surface area contributed by atoms with Gasteiger partial charge in [0.15, 0.2) is 5.78 Å². The third kappa shape index (κ3) is 6.63. The predicted molar refractivity (Wildman–Crippen MR) is 97.6 cm³/mol. The minimum absolute atomic E-state index is 0.00831. The first-order valence-electron chi connectivity index (χ1n) is 8.33. The lowest BCUT2D eigenvalue weighted by molar-refractivity contribution is -0.118. The van der Waals surface area contributed by atoms with E-state index < -0.39 is 17.6 Å². The second kappa shape index (κ2) is 11.7. The van der Waals surface area contributed by atoms with Crippen molar-refractivity contribution >= 4 is 11.8 Å². The van der Waals surface area contributed by atoms with Crippen LogP contribution in [0.3, 0.4) is 0 Å². The summed E-state index contributed by atoms with van der Waals surface area (Å²) in [5, 5.41) is 9.20. The van der Waals surface area contributed by atoms with Gasteiger partial charge in [0.2, 0.25) is 0 Å². The van der Waals surface area contributed by atoms with Gasteiger partial charge in [0.1, 0.15) is 29.6 Å². The van der Waals surface area contributed by atoms with E-state index in [0.29, 0.717) is 0 Å². The Kier molecular flexibility index (Phi) is 10.5. The van der Waals surface area contributed by atoms with E-state index in [1.807, 2.05) is 27.7 Å². The van der Waals surface area contributed by atoms with Crippen molar-refractivity contribution in [3.8, 4) is 16.9 Å². The molecular weight excluding hydrogens is 342 g/mol. The Morgan fingerprint density at radius 1 is 1.00 bits per heavy atom. The monoisotopic (exact) mass is 366 g/mol. The third-order valence-electron chi connectivity index (χ3n) is 2.88. The molecule has 6 heteroatoms. The quantitative estimate of drug-likeness (QED) is 0.775. The Balaban J connectivity index is 0.00000146. The van der Waals surface area contributed by atoms with Crippen molar-refractivity contribution in [1.29, 1.82) is 0 Å². The molecule has 0 aliphatic rings.